The average molecular weight is 1760 g/mol. The van der Waals surface area contributed by atoms with Gasteiger partial charge < -0.3 is 78.7 Å². The van der Waals surface area contributed by atoms with Crippen molar-refractivity contribution in [1.82, 2.24) is 29.7 Å². The molecule has 22 nitrogen and oxygen atoms in total. The van der Waals surface area contributed by atoms with Crippen LogP contribution in [-0.2, 0) is 23.5 Å². The molecule has 4 amide bonds. The van der Waals surface area contributed by atoms with Crippen LogP contribution in [0.5, 0.6) is 0 Å². The molecular weight excluding hydrogens is 1660 g/mol. The van der Waals surface area contributed by atoms with Gasteiger partial charge in [-0.25, -0.2) is 24.5 Å². The largest absolute Gasteiger partial charge is 0.495 e. The molecule has 8 aliphatic heterocycles. The molecule has 4 N–H and O–H groups in total. The van der Waals surface area contributed by atoms with Crippen LogP contribution in [0.4, 0.5) is 63.2 Å². The summed E-state index contributed by atoms with van der Waals surface area (Å²) in [5, 5.41) is 25.9. The Labute approximate surface area is 645 Å². The smallest absolute Gasteiger partial charge is 0.399 e. The Balaban J connectivity index is 0.000000148. The molecule has 1 unspecified atom stereocenters. The number of aliphatic hydroxyl groups is 2. The topological polar surface area (TPSA) is 219 Å². The summed E-state index contributed by atoms with van der Waals surface area (Å²) in [6.45, 7) is 32.3. The van der Waals surface area contributed by atoms with E-state index in [1.807, 2.05) is 102 Å². The van der Waals surface area contributed by atoms with Crippen LogP contribution in [0.2, 0.25) is 0 Å². The normalized spacial score (nSPS) is 21.4. The zero-order valence-electron chi connectivity index (χ0n) is 60.3. The van der Waals surface area contributed by atoms with Gasteiger partial charge in [0.25, 0.3) is 0 Å². The Morgan fingerprint density at radius 3 is 1.27 bits per heavy atom. The predicted octanol–water partition coefficient (Wildman–Crippen LogP) is 12.0. The number of β-amino-alcohol motifs (C(OH)–C–C–N with tert-alkyl or cyclic N) is 2. The van der Waals surface area contributed by atoms with Gasteiger partial charge in [0.05, 0.1) is 63.1 Å². The summed E-state index contributed by atoms with van der Waals surface area (Å²) in [7, 11) is -0.423. The molecule has 14 rings (SSSR count). The fourth-order valence-electron chi connectivity index (χ4n) is 13.2. The van der Waals surface area contributed by atoms with Crippen LogP contribution in [0, 0.1) is 54.2 Å². The number of halogens is 6. The Bertz CT molecular complexity index is 3690. The summed E-state index contributed by atoms with van der Waals surface area (Å²) in [5.74, 6) is 3.77. The highest BCUT2D eigenvalue weighted by molar-refractivity contribution is 14.1. The number of carbonyl (C=O) groups is 2. The lowest BCUT2D eigenvalue weighted by atomic mass is 9.76. The lowest BCUT2D eigenvalue weighted by molar-refractivity contribution is 0.00578. The van der Waals surface area contributed by atoms with E-state index in [1.165, 1.54) is 9.64 Å². The first-order valence-electron chi connectivity index (χ1n) is 35.8. The maximum atomic E-state index is 13.0. The van der Waals surface area contributed by atoms with Gasteiger partial charge in [-0.1, -0.05) is 44.4 Å². The molecule has 103 heavy (non-hydrogen) atoms. The van der Waals surface area contributed by atoms with Gasteiger partial charge in [0.2, 0.25) is 17.8 Å². The number of benzene rings is 2. The van der Waals surface area contributed by atoms with Gasteiger partial charge in [-0.2, -0.15) is 18.2 Å². The van der Waals surface area contributed by atoms with Crippen LogP contribution in [0.25, 0.3) is 11.1 Å². The van der Waals surface area contributed by atoms with Crippen LogP contribution in [-0.4, -0.2) is 214 Å². The molecule has 6 aromatic rings. The van der Waals surface area contributed by atoms with Crippen LogP contribution < -0.4 is 40.6 Å². The third-order valence-electron chi connectivity index (χ3n) is 20.2. The number of hydrogen-bond acceptors (Lipinski definition) is 18. The average Bonchev–Trinajstić information content (AvgIpc) is 1.62. The maximum Gasteiger partial charge on any atom is 0.495 e. The zero-order chi connectivity index (χ0) is 73.5. The highest BCUT2D eigenvalue weighted by Crippen LogP contribution is 2.38. The van der Waals surface area contributed by atoms with E-state index in [-0.39, 0.29) is 35.5 Å². The summed E-state index contributed by atoms with van der Waals surface area (Å²) >= 11 is 6.23. The number of urea groups is 2. The molecule has 4 atom stereocenters. The number of pyridine rings is 4. The molecular formula is C74H98BF3I3N13O9. The minimum atomic E-state index is -0.778. The van der Waals surface area contributed by atoms with Gasteiger partial charge in [0.15, 0.2) is 0 Å². The van der Waals surface area contributed by atoms with E-state index >= 15 is 0 Å². The number of nitrogens with zero attached hydrogens (tertiary/aromatic N) is 11. The van der Waals surface area contributed by atoms with Crippen LogP contribution >= 0.6 is 67.8 Å². The molecule has 0 spiro atoms. The number of aliphatic hydroxyl groups excluding tert-OH is 2. The van der Waals surface area contributed by atoms with Crippen LogP contribution in [0.3, 0.4) is 0 Å². The summed E-state index contributed by atoms with van der Waals surface area (Å²) in [5.41, 5.74) is 6.17. The molecule has 0 saturated carbocycles. The monoisotopic (exact) mass is 1760 g/mol. The van der Waals surface area contributed by atoms with Crippen molar-refractivity contribution in [3.8, 4) is 11.1 Å². The second-order valence-corrected chi connectivity index (χ2v) is 31.9. The lowest BCUT2D eigenvalue weighted by Crippen LogP contribution is -2.41. The summed E-state index contributed by atoms with van der Waals surface area (Å²) < 4.78 is 68.2. The molecule has 0 bridgehead atoms. The standard InChI is InChI=1S/C27H37N5O3.C20H31BN2O3.C13H18IN3O2.C9H10FIN2O.C5H2F2IN/c1-3-20-6-8-32(17-20)27(34)28-22-5-4-19(2)24(16-22)21-14-25(30-10-12-35-13-11-30)29-26(15-21)31-9-7-23(33)18-31;1-7-15-10-11-23(13-15)18(24)22-16-9-8-14(2)17(12-16)21-25-19(3,4)20(5,6)26-21;14-10-7-12(16-3-5-19-6-4-16)15-13(8-10)17-2-1-11(18)9-17;10-8-5-7(11)6-9(12-8)13-1-3-14-4-2-13;6-4-1-3(8)2-5(7)9-4/h4-5,14-16,20,23,33H,3,6-13,17-18H2,1-2H3,(H,28,34);8-9,12,15H,7,10-11,13H2,1-6H3,(H,22,24);7-8,11,18H,1-6,9H2;5-6H,1-4H2;1-2H/t20-,23-;;11-;;/m0.0../s1. The van der Waals surface area contributed by atoms with Crippen molar-refractivity contribution in [3.63, 3.8) is 0 Å². The number of ether oxygens (including phenoxy) is 3. The number of amides is 4. The fourth-order valence-corrected chi connectivity index (χ4v) is 14.8. The molecule has 29 heteroatoms. The van der Waals surface area contributed by atoms with Crippen molar-refractivity contribution in [2.24, 2.45) is 11.8 Å². The SMILES string of the molecule is CCC1CCN(C(=O)Nc2ccc(C)c(B3OC(C)(C)C(C)(C)O3)c2)C1.CC[C@H]1CCN(C(=O)Nc2ccc(C)c(-c3cc(N4CCOCC4)nc(N4CC[C@H](O)C4)c3)c2)C1.Fc1cc(I)cc(F)n1.Fc1cc(I)cc(N2CCOCC2)n1.O[C@H]1CCN(c2cc(I)cc(N3CCOCC3)n2)C1. The molecule has 8 aliphatic rings. The zero-order valence-corrected chi connectivity index (χ0v) is 66.8. The molecule has 12 heterocycles. The number of aromatic nitrogens is 4. The van der Waals surface area contributed by atoms with Crippen molar-refractivity contribution in [1.29, 1.82) is 0 Å². The van der Waals surface area contributed by atoms with E-state index in [0.29, 0.717) is 60.7 Å². The number of hydrogen-bond donors (Lipinski definition) is 4. The summed E-state index contributed by atoms with van der Waals surface area (Å²) in [4.78, 5) is 56.6. The quantitative estimate of drug-likeness (QED) is 0.0538. The van der Waals surface area contributed by atoms with Crippen molar-refractivity contribution >= 4 is 133 Å². The van der Waals surface area contributed by atoms with E-state index in [1.54, 1.807) is 0 Å². The number of rotatable bonds is 11. The third kappa shape index (κ3) is 22.5. The van der Waals surface area contributed by atoms with E-state index in [0.717, 1.165) is 208 Å². The van der Waals surface area contributed by atoms with Crippen molar-refractivity contribution in [2.45, 2.75) is 117 Å². The second-order valence-electron chi connectivity index (χ2n) is 28.1. The minimum absolute atomic E-state index is 0.0220. The molecule has 4 aromatic heterocycles. The van der Waals surface area contributed by atoms with Gasteiger partial charge in [-0.3, -0.25) is 0 Å². The highest BCUT2D eigenvalue weighted by Gasteiger charge is 2.52. The van der Waals surface area contributed by atoms with Gasteiger partial charge in [-0.15, -0.1) is 0 Å². The van der Waals surface area contributed by atoms with Crippen molar-refractivity contribution < 1.29 is 56.5 Å². The van der Waals surface area contributed by atoms with Crippen molar-refractivity contribution in [2.75, 3.05) is 166 Å². The third-order valence-corrected chi connectivity index (χ3v) is 22.0. The Morgan fingerprint density at radius 1 is 0.485 bits per heavy atom. The van der Waals surface area contributed by atoms with E-state index in [2.05, 4.69) is 143 Å². The molecule has 0 aliphatic carbocycles. The van der Waals surface area contributed by atoms with Crippen LogP contribution in [0.15, 0.2) is 84.9 Å². The Morgan fingerprint density at radius 2 is 0.864 bits per heavy atom. The number of anilines is 7. The number of morpholine rings is 3. The van der Waals surface area contributed by atoms with Crippen LogP contribution in [0.1, 0.15) is 91.2 Å². The van der Waals surface area contributed by atoms with Gasteiger partial charge in [0.1, 0.15) is 29.1 Å². The van der Waals surface area contributed by atoms with Gasteiger partial charge in [0, 0.05) is 132 Å². The molecule has 558 valence electrons. The van der Waals surface area contributed by atoms with E-state index < -0.39 is 25.0 Å². The molecule has 8 saturated heterocycles. The molecule has 0 radical (unpaired) electrons. The van der Waals surface area contributed by atoms with E-state index in [9.17, 15) is 33.0 Å². The highest BCUT2D eigenvalue weighted by atomic mass is 127. The van der Waals surface area contributed by atoms with Gasteiger partial charge in [-0.05, 0) is 224 Å². The number of aryl methyl sites for hydroxylation is 2. The second kappa shape index (κ2) is 37.2. The lowest BCUT2D eigenvalue weighted by Gasteiger charge is -2.32. The Kier molecular flexibility index (Phi) is 28.9. The summed E-state index contributed by atoms with van der Waals surface area (Å²) in [6.07, 6.45) is 5.48. The molecule has 2 aromatic carbocycles. The van der Waals surface area contributed by atoms with E-state index in [4.69, 9.17) is 33.5 Å². The minimum Gasteiger partial charge on any atom is -0.399 e. The fraction of sp³-hybridized carbons (Fsp3) is 0.541. The maximum absolute atomic E-state index is 13.0. The predicted molar refractivity (Wildman–Crippen MR) is 425 cm³/mol. The number of carbonyl (C=O) groups excluding carboxylic acids is 2. The molecule has 8 fully saturated rings. The first kappa shape index (κ1) is 79.9. The summed E-state index contributed by atoms with van der Waals surface area (Å²) in [6, 6.07) is 26.1. The Hall–Kier alpha value is -5.66. The first-order valence-corrected chi connectivity index (χ1v) is 39.1. The number of nitrogens with one attached hydrogen (secondary N) is 2. The van der Waals surface area contributed by atoms with Gasteiger partial charge >= 0.3 is 19.2 Å². The first-order chi connectivity index (χ1) is 49.3. The van der Waals surface area contributed by atoms with Crippen molar-refractivity contribution in [3.05, 3.63) is 125 Å². The number of likely N-dealkylation sites (tertiary alicyclic amines) is 2.